The molecule has 0 saturated heterocycles. The predicted molar refractivity (Wildman–Crippen MR) is 111 cm³/mol. The van der Waals surface area contributed by atoms with Crippen LogP contribution in [-0.2, 0) is 9.53 Å². The molecule has 2 N–H and O–H groups in total. The molecule has 8 nitrogen and oxygen atoms in total. The van der Waals surface area contributed by atoms with Gasteiger partial charge < -0.3 is 20.1 Å². The fourth-order valence-corrected chi connectivity index (χ4v) is 2.90. The molecule has 2 amide bonds. The minimum atomic E-state index is -0.550. The molecule has 0 fully saturated rings. The van der Waals surface area contributed by atoms with Crippen LogP contribution in [0.3, 0.4) is 0 Å². The number of hydrogen-bond donors (Lipinski definition) is 2. The van der Waals surface area contributed by atoms with E-state index >= 15 is 0 Å². The third kappa shape index (κ3) is 4.37. The first kappa shape index (κ1) is 20.8. The molecule has 0 radical (unpaired) electrons. The largest absolute Gasteiger partial charge is 0.497 e. The Hall–Kier alpha value is -3.96. The van der Waals surface area contributed by atoms with E-state index in [1.54, 1.807) is 55.6 Å². The van der Waals surface area contributed by atoms with Gasteiger partial charge in [-0.2, -0.15) is 5.26 Å². The molecule has 30 heavy (non-hydrogen) atoms. The van der Waals surface area contributed by atoms with E-state index in [0.29, 0.717) is 29.0 Å². The maximum Gasteiger partial charge on any atom is 0.264 e. The van der Waals surface area contributed by atoms with Crippen molar-refractivity contribution in [2.75, 3.05) is 27.4 Å². The molecular formula is C22H20N4O4. The number of benzene rings is 2. The number of amidine groups is 1. The second-order valence-electron chi connectivity index (χ2n) is 6.27. The van der Waals surface area contributed by atoms with Crippen LogP contribution >= 0.6 is 0 Å². The third-order valence-electron chi connectivity index (χ3n) is 4.41. The summed E-state index contributed by atoms with van der Waals surface area (Å²) >= 11 is 0. The summed E-state index contributed by atoms with van der Waals surface area (Å²) in [6.07, 6.45) is 0. The fraction of sp³-hybridized carbons (Fsp3) is 0.182. The lowest BCUT2D eigenvalue weighted by Crippen LogP contribution is -2.30. The molecule has 1 aliphatic heterocycles. The smallest absolute Gasteiger partial charge is 0.264 e. The van der Waals surface area contributed by atoms with Crippen LogP contribution in [0.4, 0.5) is 0 Å². The van der Waals surface area contributed by atoms with E-state index in [9.17, 15) is 14.9 Å². The molecule has 0 saturated carbocycles. The molecule has 3 rings (SSSR count). The minimum Gasteiger partial charge on any atom is -0.497 e. The number of fused-ring (bicyclic) bond motifs is 1. The zero-order valence-electron chi connectivity index (χ0n) is 16.6. The third-order valence-corrected chi connectivity index (χ3v) is 4.41. The topological polar surface area (TPSA) is 113 Å². The van der Waals surface area contributed by atoms with Gasteiger partial charge in [-0.25, -0.2) is 4.99 Å². The van der Waals surface area contributed by atoms with Crippen molar-refractivity contribution in [2.24, 2.45) is 4.99 Å². The first-order chi connectivity index (χ1) is 14.6. The molecule has 0 atom stereocenters. The SMILES string of the molecule is COCCNC(=O)C(C#N)=C1N=C(NC(=O)c2ccc(OC)cc2)c2ccccc21. The first-order valence-electron chi connectivity index (χ1n) is 9.14. The molecular weight excluding hydrogens is 384 g/mol. The highest BCUT2D eigenvalue weighted by Crippen LogP contribution is 2.30. The number of amides is 2. The van der Waals surface area contributed by atoms with Gasteiger partial charge in [-0.1, -0.05) is 24.3 Å². The van der Waals surface area contributed by atoms with Gasteiger partial charge in [-0.3, -0.25) is 9.59 Å². The minimum absolute atomic E-state index is 0.132. The Bertz CT molecular complexity index is 1070. The molecule has 1 heterocycles. The van der Waals surface area contributed by atoms with Gasteiger partial charge in [0.05, 0.1) is 19.4 Å². The Morgan fingerprint density at radius 1 is 1.07 bits per heavy atom. The Morgan fingerprint density at radius 2 is 1.77 bits per heavy atom. The number of aliphatic imine (C=N–C) groups is 1. The summed E-state index contributed by atoms with van der Waals surface area (Å²) in [6, 6.07) is 15.7. The van der Waals surface area contributed by atoms with E-state index in [1.165, 1.54) is 7.11 Å². The number of ether oxygens (including phenoxy) is 2. The quantitative estimate of drug-likeness (QED) is 0.434. The highest BCUT2D eigenvalue weighted by molar-refractivity contribution is 6.20. The molecule has 1 aliphatic rings. The van der Waals surface area contributed by atoms with E-state index in [4.69, 9.17) is 9.47 Å². The van der Waals surface area contributed by atoms with Gasteiger partial charge in [0.1, 0.15) is 23.2 Å². The van der Waals surface area contributed by atoms with Crippen molar-refractivity contribution >= 4 is 23.3 Å². The van der Waals surface area contributed by atoms with Crippen LogP contribution < -0.4 is 15.4 Å². The Balaban J connectivity index is 1.92. The predicted octanol–water partition coefficient (Wildman–Crippen LogP) is 1.88. The second-order valence-corrected chi connectivity index (χ2v) is 6.27. The Kier molecular flexibility index (Phi) is 6.57. The highest BCUT2D eigenvalue weighted by Gasteiger charge is 2.27. The van der Waals surface area contributed by atoms with Crippen molar-refractivity contribution < 1.29 is 19.1 Å². The van der Waals surface area contributed by atoms with E-state index in [2.05, 4.69) is 15.6 Å². The van der Waals surface area contributed by atoms with E-state index < -0.39 is 5.91 Å². The summed E-state index contributed by atoms with van der Waals surface area (Å²) in [4.78, 5) is 29.5. The molecule has 0 bridgehead atoms. The van der Waals surface area contributed by atoms with E-state index in [0.717, 1.165) is 0 Å². The van der Waals surface area contributed by atoms with Crippen LogP contribution in [0.15, 0.2) is 59.1 Å². The summed E-state index contributed by atoms with van der Waals surface area (Å²) in [7, 11) is 3.07. The summed E-state index contributed by atoms with van der Waals surface area (Å²) in [5, 5.41) is 15.0. The lowest BCUT2D eigenvalue weighted by Gasteiger charge is -2.07. The number of nitrogens with one attached hydrogen (secondary N) is 2. The summed E-state index contributed by atoms with van der Waals surface area (Å²) in [5.74, 6) is -0.00123. The van der Waals surface area contributed by atoms with E-state index in [-0.39, 0.29) is 29.6 Å². The van der Waals surface area contributed by atoms with Crippen molar-refractivity contribution in [3.8, 4) is 11.8 Å². The average molecular weight is 404 g/mol. The lowest BCUT2D eigenvalue weighted by molar-refractivity contribution is -0.117. The summed E-state index contributed by atoms with van der Waals surface area (Å²) < 4.78 is 10.0. The average Bonchev–Trinajstić information content (AvgIpc) is 3.13. The zero-order valence-corrected chi connectivity index (χ0v) is 16.6. The van der Waals surface area contributed by atoms with Crippen LogP contribution in [0, 0.1) is 11.3 Å². The van der Waals surface area contributed by atoms with Crippen molar-refractivity contribution in [3.05, 3.63) is 70.8 Å². The normalized spacial score (nSPS) is 13.6. The van der Waals surface area contributed by atoms with E-state index in [1.807, 2.05) is 6.07 Å². The van der Waals surface area contributed by atoms with Gasteiger partial charge >= 0.3 is 0 Å². The number of nitriles is 1. The number of carbonyl (C=O) groups excluding carboxylic acids is 2. The highest BCUT2D eigenvalue weighted by atomic mass is 16.5. The van der Waals surface area contributed by atoms with Crippen molar-refractivity contribution in [1.82, 2.24) is 10.6 Å². The standard InChI is InChI=1S/C22H20N4O4/c1-29-12-11-24-22(28)18(13-23)19-16-5-3-4-6-17(16)20(25-19)26-21(27)14-7-9-15(30-2)10-8-14/h3-10H,11-12H2,1-2H3,(H,24,28)(H,25,26,27). The van der Waals surface area contributed by atoms with Crippen LogP contribution in [0.5, 0.6) is 5.75 Å². The molecule has 0 aromatic heterocycles. The second kappa shape index (κ2) is 9.49. The molecule has 2 aromatic carbocycles. The van der Waals surface area contributed by atoms with Gasteiger partial charge in [-0.05, 0) is 24.3 Å². The molecule has 0 spiro atoms. The van der Waals surface area contributed by atoms with Crippen molar-refractivity contribution in [3.63, 3.8) is 0 Å². The van der Waals surface area contributed by atoms with Crippen LogP contribution in [0.1, 0.15) is 21.5 Å². The summed E-state index contributed by atoms with van der Waals surface area (Å²) in [5.41, 5.74) is 1.74. The van der Waals surface area contributed by atoms with Gasteiger partial charge in [0.15, 0.2) is 0 Å². The number of methoxy groups -OCH3 is 2. The molecule has 2 aromatic rings. The molecule has 0 aliphatic carbocycles. The maximum absolute atomic E-state index is 12.7. The lowest BCUT2D eigenvalue weighted by atomic mass is 10.0. The molecule has 0 unspecified atom stereocenters. The van der Waals surface area contributed by atoms with Crippen molar-refractivity contribution in [1.29, 1.82) is 5.26 Å². The van der Waals surface area contributed by atoms with Gasteiger partial charge in [0.2, 0.25) is 0 Å². The molecule has 152 valence electrons. The summed E-state index contributed by atoms with van der Waals surface area (Å²) in [6.45, 7) is 0.586. The number of carbonyl (C=O) groups is 2. The fourth-order valence-electron chi connectivity index (χ4n) is 2.90. The van der Waals surface area contributed by atoms with Gasteiger partial charge in [-0.15, -0.1) is 0 Å². The number of rotatable bonds is 6. The van der Waals surface area contributed by atoms with Crippen molar-refractivity contribution in [2.45, 2.75) is 0 Å². The monoisotopic (exact) mass is 404 g/mol. The molecule has 8 heteroatoms. The Morgan fingerprint density at radius 3 is 2.40 bits per heavy atom. The van der Waals surface area contributed by atoms with Gasteiger partial charge in [0.25, 0.3) is 11.8 Å². The zero-order chi connectivity index (χ0) is 21.5. The van der Waals surface area contributed by atoms with Gasteiger partial charge in [0, 0.05) is 30.3 Å². The van der Waals surface area contributed by atoms with Crippen LogP contribution in [-0.4, -0.2) is 45.0 Å². The first-order valence-corrected chi connectivity index (χ1v) is 9.14. The maximum atomic E-state index is 12.7. The number of nitrogens with zero attached hydrogens (tertiary/aromatic N) is 2. The van der Waals surface area contributed by atoms with Crippen LogP contribution in [0.2, 0.25) is 0 Å². The Labute approximate surface area is 173 Å². The number of hydrogen-bond acceptors (Lipinski definition) is 6. The van der Waals surface area contributed by atoms with Crippen LogP contribution in [0.25, 0.3) is 5.70 Å².